The molecule has 0 spiro atoms. The Morgan fingerprint density at radius 2 is 2.00 bits per heavy atom. The molecule has 1 aromatic carbocycles. The molecule has 1 saturated heterocycles. The molecule has 0 amide bonds. The summed E-state index contributed by atoms with van der Waals surface area (Å²) in [5.41, 5.74) is 3.93. The van der Waals surface area contributed by atoms with Crippen molar-refractivity contribution < 1.29 is 4.74 Å². The first-order valence-electron chi connectivity index (χ1n) is 5.32. The van der Waals surface area contributed by atoms with Gasteiger partial charge in [-0.1, -0.05) is 18.2 Å². The molecule has 2 nitrogen and oxygen atoms in total. The number of aryl methyl sites for hydroxylation is 1. The Bertz CT molecular complexity index is 535. The van der Waals surface area contributed by atoms with Crippen LogP contribution in [0, 0.1) is 6.92 Å². The minimum Gasteiger partial charge on any atom is -0.365 e. The van der Waals surface area contributed by atoms with Crippen LogP contribution in [-0.4, -0.2) is 11.2 Å². The first-order valence-corrected chi connectivity index (χ1v) is 5.32. The topological polar surface area (TPSA) is 17.5 Å². The summed E-state index contributed by atoms with van der Waals surface area (Å²) in [6.45, 7) is 5.19. The van der Waals surface area contributed by atoms with Gasteiger partial charge in [-0.2, -0.15) is 0 Å². The number of rotatable bonds is 1. The highest BCUT2D eigenvalue weighted by atomic mass is 16.6. The quantitative estimate of drug-likeness (QED) is 0.648. The average molecular weight is 201 g/mol. The third kappa shape index (κ3) is 1.08. The van der Waals surface area contributed by atoms with Crippen LogP contribution in [-0.2, 0) is 17.4 Å². The van der Waals surface area contributed by atoms with Crippen molar-refractivity contribution >= 4 is 10.9 Å². The van der Waals surface area contributed by atoms with E-state index in [2.05, 4.69) is 49.7 Å². The molecule has 2 heterocycles. The van der Waals surface area contributed by atoms with Gasteiger partial charge in [0, 0.05) is 29.2 Å². The van der Waals surface area contributed by atoms with Gasteiger partial charge in [0.15, 0.2) is 0 Å². The molecule has 0 bridgehead atoms. The highest BCUT2D eigenvalue weighted by Gasteiger charge is 2.44. The summed E-state index contributed by atoms with van der Waals surface area (Å²) in [5.74, 6) is 0. The lowest BCUT2D eigenvalue weighted by Crippen LogP contribution is -2.04. The van der Waals surface area contributed by atoms with Gasteiger partial charge in [-0.25, -0.2) is 0 Å². The maximum Gasteiger partial charge on any atom is 0.116 e. The lowest BCUT2D eigenvalue weighted by atomic mass is 9.99. The number of nitrogens with zero attached hydrogens (tertiary/aromatic N) is 1. The van der Waals surface area contributed by atoms with E-state index in [1.54, 1.807) is 0 Å². The molecule has 0 aliphatic carbocycles. The number of aromatic nitrogens is 1. The van der Waals surface area contributed by atoms with E-state index in [1.165, 1.54) is 22.2 Å². The van der Waals surface area contributed by atoms with Crippen molar-refractivity contribution in [2.45, 2.75) is 19.4 Å². The molecule has 1 aliphatic rings. The first-order chi connectivity index (χ1) is 7.13. The maximum atomic E-state index is 5.57. The minimum absolute atomic E-state index is 0.0368. The van der Waals surface area contributed by atoms with Gasteiger partial charge >= 0.3 is 0 Å². The van der Waals surface area contributed by atoms with Gasteiger partial charge in [-0.3, -0.25) is 0 Å². The van der Waals surface area contributed by atoms with Crippen LogP contribution in [0.2, 0.25) is 0 Å². The molecule has 2 aromatic rings. The zero-order valence-corrected chi connectivity index (χ0v) is 9.37. The molecule has 1 aliphatic heterocycles. The Hall–Kier alpha value is -1.28. The lowest BCUT2D eigenvalue weighted by Gasteiger charge is -2.05. The van der Waals surface area contributed by atoms with Crippen molar-refractivity contribution in [3.63, 3.8) is 0 Å². The number of para-hydroxylation sites is 1. The largest absolute Gasteiger partial charge is 0.365 e. The van der Waals surface area contributed by atoms with Gasteiger partial charge in [-0.15, -0.1) is 0 Å². The van der Waals surface area contributed by atoms with E-state index < -0.39 is 0 Å². The first kappa shape index (κ1) is 8.98. The predicted octanol–water partition coefficient (Wildman–Crippen LogP) is 2.73. The van der Waals surface area contributed by atoms with Gasteiger partial charge in [-0.05, 0) is 19.9 Å². The zero-order chi connectivity index (χ0) is 10.6. The van der Waals surface area contributed by atoms with Crippen LogP contribution in [0.4, 0.5) is 0 Å². The van der Waals surface area contributed by atoms with Crippen LogP contribution in [0.5, 0.6) is 0 Å². The second-order valence-corrected chi connectivity index (χ2v) is 4.56. The second kappa shape index (κ2) is 2.64. The number of epoxide rings is 1. The van der Waals surface area contributed by atoms with Crippen molar-refractivity contribution in [3.8, 4) is 0 Å². The average Bonchev–Trinajstić information content (AvgIpc) is 2.91. The molecular weight excluding hydrogens is 186 g/mol. The molecule has 0 radical (unpaired) electrons. The predicted molar refractivity (Wildman–Crippen MR) is 61.0 cm³/mol. The molecular formula is C13H15NO. The fourth-order valence-electron chi connectivity index (χ4n) is 2.44. The molecule has 1 aromatic heterocycles. The molecule has 78 valence electrons. The third-order valence-corrected chi connectivity index (χ3v) is 3.51. The summed E-state index contributed by atoms with van der Waals surface area (Å²) in [5, 5.41) is 1.33. The van der Waals surface area contributed by atoms with Crippen LogP contribution >= 0.6 is 0 Å². The van der Waals surface area contributed by atoms with E-state index in [-0.39, 0.29) is 5.60 Å². The van der Waals surface area contributed by atoms with Gasteiger partial charge in [0.2, 0.25) is 0 Å². The molecule has 0 N–H and O–H groups in total. The smallest absolute Gasteiger partial charge is 0.116 e. The van der Waals surface area contributed by atoms with Gasteiger partial charge in [0.1, 0.15) is 5.60 Å². The number of ether oxygens (including phenoxy) is 1. The van der Waals surface area contributed by atoms with Gasteiger partial charge < -0.3 is 9.30 Å². The molecule has 1 unspecified atom stereocenters. The van der Waals surface area contributed by atoms with Crippen molar-refractivity contribution in [2.75, 3.05) is 6.61 Å². The number of fused-ring (bicyclic) bond motifs is 1. The summed E-state index contributed by atoms with van der Waals surface area (Å²) in [7, 11) is 2.12. The van der Waals surface area contributed by atoms with Crippen LogP contribution in [0.1, 0.15) is 18.2 Å². The van der Waals surface area contributed by atoms with Crippen LogP contribution in [0.15, 0.2) is 24.3 Å². The Morgan fingerprint density at radius 1 is 1.33 bits per heavy atom. The van der Waals surface area contributed by atoms with Crippen molar-refractivity contribution in [1.29, 1.82) is 0 Å². The van der Waals surface area contributed by atoms with Crippen molar-refractivity contribution in [1.82, 2.24) is 4.57 Å². The van der Waals surface area contributed by atoms with Gasteiger partial charge in [0.25, 0.3) is 0 Å². The third-order valence-electron chi connectivity index (χ3n) is 3.51. The lowest BCUT2D eigenvalue weighted by molar-refractivity contribution is 0.330. The van der Waals surface area contributed by atoms with E-state index in [4.69, 9.17) is 4.74 Å². The molecule has 3 rings (SSSR count). The van der Waals surface area contributed by atoms with Crippen molar-refractivity contribution in [3.05, 3.63) is 35.5 Å². The van der Waals surface area contributed by atoms with Gasteiger partial charge in [0.05, 0.1) is 6.61 Å². The second-order valence-electron chi connectivity index (χ2n) is 4.56. The van der Waals surface area contributed by atoms with E-state index >= 15 is 0 Å². The summed E-state index contributed by atoms with van der Waals surface area (Å²) < 4.78 is 7.82. The van der Waals surface area contributed by atoms with E-state index in [0.29, 0.717) is 0 Å². The summed E-state index contributed by atoms with van der Waals surface area (Å²) in [4.78, 5) is 0. The van der Waals surface area contributed by atoms with Crippen molar-refractivity contribution in [2.24, 2.45) is 7.05 Å². The standard InChI is InChI=1S/C13H15NO/c1-9-12(13(2)8-15-13)10-6-4-5-7-11(10)14(9)3/h4-7H,8H2,1-3H3. The van der Waals surface area contributed by atoms with Crippen LogP contribution < -0.4 is 0 Å². The van der Waals surface area contributed by atoms with E-state index in [0.717, 1.165) is 6.61 Å². The molecule has 1 atom stereocenters. The fourth-order valence-corrected chi connectivity index (χ4v) is 2.44. The number of hydrogen-bond acceptors (Lipinski definition) is 1. The highest BCUT2D eigenvalue weighted by Crippen LogP contribution is 2.44. The number of hydrogen-bond donors (Lipinski definition) is 0. The monoisotopic (exact) mass is 201 g/mol. The Balaban J connectivity index is 2.42. The summed E-state index contributed by atoms with van der Waals surface area (Å²) in [6, 6.07) is 8.53. The molecule has 0 saturated carbocycles. The SMILES string of the molecule is Cc1c(C2(C)CO2)c2ccccc2n1C. The summed E-state index contributed by atoms with van der Waals surface area (Å²) in [6.07, 6.45) is 0. The highest BCUT2D eigenvalue weighted by molar-refractivity contribution is 5.86. The molecule has 2 heteroatoms. The molecule has 1 fully saturated rings. The minimum atomic E-state index is -0.0368. The van der Waals surface area contributed by atoms with E-state index in [1.807, 2.05) is 0 Å². The maximum absolute atomic E-state index is 5.57. The Kier molecular flexibility index (Phi) is 1.58. The Morgan fingerprint density at radius 3 is 2.67 bits per heavy atom. The van der Waals surface area contributed by atoms with E-state index in [9.17, 15) is 0 Å². The zero-order valence-electron chi connectivity index (χ0n) is 9.37. The normalized spacial score (nSPS) is 24.7. The Labute approximate surface area is 89.5 Å². The molecule has 15 heavy (non-hydrogen) atoms. The van der Waals surface area contributed by atoms with Crippen LogP contribution in [0.25, 0.3) is 10.9 Å². The van der Waals surface area contributed by atoms with Crippen LogP contribution in [0.3, 0.4) is 0 Å². The number of benzene rings is 1. The fraction of sp³-hybridized carbons (Fsp3) is 0.385. The summed E-state index contributed by atoms with van der Waals surface area (Å²) >= 11 is 0.